The van der Waals surface area contributed by atoms with Crippen LogP contribution in [0, 0.1) is 11.3 Å². The van der Waals surface area contributed by atoms with Crippen molar-refractivity contribution in [3.63, 3.8) is 0 Å². The van der Waals surface area contributed by atoms with Gasteiger partial charge in [0.25, 0.3) is 0 Å². The zero-order valence-electron chi connectivity index (χ0n) is 17.4. The number of benzene rings is 2. The van der Waals surface area contributed by atoms with Gasteiger partial charge in [0.05, 0.1) is 24.7 Å². The fraction of sp³-hybridized carbons (Fsp3) is 0.360. The molecule has 2 heterocycles. The maximum Gasteiger partial charge on any atom is 0.0968 e. The third-order valence-corrected chi connectivity index (χ3v) is 5.76. The molecule has 1 aliphatic heterocycles. The van der Waals surface area contributed by atoms with E-state index in [-0.39, 0.29) is 0 Å². The van der Waals surface area contributed by atoms with Gasteiger partial charge in [0.2, 0.25) is 0 Å². The lowest BCUT2D eigenvalue weighted by Gasteiger charge is -2.32. The Balaban J connectivity index is 1.34. The highest BCUT2D eigenvalue weighted by Gasteiger charge is 2.20. The maximum atomic E-state index is 8.90. The number of hydrogen-bond acceptors (Lipinski definition) is 4. The molecule has 1 aliphatic rings. The topological polar surface area (TPSA) is 56.9 Å². The highest BCUT2D eigenvalue weighted by Crippen LogP contribution is 2.23. The van der Waals surface area contributed by atoms with Crippen molar-refractivity contribution >= 4 is 0 Å². The average Bonchev–Trinajstić information content (AvgIpc) is 3.21. The summed E-state index contributed by atoms with van der Waals surface area (Å²) in [5.41, 5.74) is 4.73. The molecule has 1 saturated heterocycles. The minimum absolute atomic E-state index is 0.475. The van der Waals surface area contributed by atoms with Gasteiger partial charge >= 0.3 is 0 Å². The molecule has 0 amide bonds. The number of hydrogen-bond donors (Lipinski definition) is 1. The Hall–Kier alpha value is -2.94. The Bertz CT molecular complexity index is 950. The van der Waals surface area contributed by atoms with Crippen LogP contribution in [-0.2, 0) is 19.6 Å². The van der Waals surface area contributed by atoms with E-state index in [1.54, 1.807) is 0 Å². The predicted molar refractivity (Wildman–Crippen MR) is 119 cm³/mol. The minimum atomic E-state index is 0.475. The average molecular weight is 400 g/mol. The molecule has 1 aromatic heterocycles. The van der Waals surface area contributed by atoms with E-state index in [4.69, 9.17) is 10.4 Å². The van der Waals surface area contributed by atoms with Crippen LogP contribution in [0.3, 0.4) is 0 Å². The lowest BCUT2D eigenvalue weighted by Crippen LogP contribution is -2.41. The normalized spacial score (nSPS) is 15.2. The van der Waals surface area contributed by atoms with Gasteiger partial charge in [0.1, 0.15) is 0 Å². The molecule has 0 saturated carbocycles. The Morgan fingerprint density at radius 1 is 1.00 bits per heavy atom. The van der Waals surface area contributed by atoms with E-state index >= 15 is 0 Å². The van der Waals surface area contributed by atoms with Crippen LogP contribution in [0.5, 0.6) is 0 Å². The number of likely N-dealkylation sites (tertiary alicyclic amines) is 1. The zero-order chi connectivity index (χ0) is 20.6. The summed E-state index contributed by atoms with van der Waals surface area (Å²) in [6, 6.07) is 23.8. The number of nitrogens with one attached hydrogen (secondary N) is 1. The largest absolute Gasteiger partial charge is 0.310 e. The van der Waals surface area contributed by atoms with E-state index in [0.29, 0.717) is 19.0 Å². The molecule has 0 radical (unpaired) electrons. The molecule has 0 aliphatic carbocycles. The number of aryl methyl sites for hydroxylation is 1. The first-order valence-electron chi connectivity index (χ1n) is 10.8. The molecule has 0 spiro atoms. The van der Waals surface area contributed by atoms with Crippen LogP contribution >= 0.6 is 0 Å². The number of rotatable bonds is 8. The van der Waals surface area contributed by atoms with Crippen molar-refractivity contribution in [2.24, 2.45) is 0 Å². The van der Waals surface area contributed by atoms with Crippen LogP contribution < -0.4 is 5.32 Å². The van der Waals surface area contributed by atoms with Crippen LogP contribution in [0.2, 0.25) is 0 Å². The SMILES string of the molecule is N#CCCn1cc(CNC2CCN(Cc3ccccc3)CC2)c(-c2ccccc2)n1. The van der Waals surface area contributed by atoms with Gasteiger partial charge in [0.15, 0.2) is 0 Å². The van der Waals surface area contributed by atoms with Crippen molar-refractivity contribution in [3.05, 3.63) is 78.0 Å². The second-order valence-electron chi connectivity index (χ2n) is 7.96. The number of aromatic nitrogens is 2. The fourth-order valence-electron chi connectivity index (χ4n) is 4.10. The Morgan fingerprint density at radius 3 is 2.40 bits per heavy atom. The Labute approximate surface area is 178 Å². The lowest BCUT2D eigenvalue weighted by molar-refractivity contribution is 0.190. The molecule has 30 heavy (non-hydrogen) atoms. The smallest absolute Gasteiger partial charge is 0.0968 e. The first kappa shape index (κ1) is 20.3. The lowest BCUT2D eigenvalue weighted by atomic mass is 10.0. The molecule has 5 nitrogen and oxygen atoms in total. The summed E-state index contributed by atoms with van der Waals surface area (Å²) in [5.74, 6) is 0. The molecule has 0 atom stereocenters. The van der Waals surface area contributed by atoms with E-state index in [1.807, 2.05) is 22.9 Å². The molecule has 5 heteroatoms. The fourth-order valence-corrected chi connectivity index (χ4v) is 4.10. The predicted octanol–water partition coefficient (Wildman–Crippen LogP) is 4.22. The second-order valence-corrected chi connectivity index (χ2v) is 7.96. The summed E-state index contributed by atoms with van der Waals surface area (Å²) in [5, 5.41) is 17.4. The van der Waals surface area contributed by atoms with Gasteiger partial charge in [-0.15, -0.1) is 0 Å². The van der Waals surface area contributed by atoms with Crippen LogP contribution in [0.15, 0.2) is 66.9 Å². The van der Waals surface area contributed by atoms with Gasteiger partial charge in [0, 0.05) is 36.5 Å². The van der Waals surface area contributed by atoms with E-state index in [2.05, 4.69) is 64.9 Å². The van der Waals surface area contributed by atoms with Gasteiger partial charge in [-0.2, -0.15) is 10.4 Å². The molecule has 3 aromatic rings. The highest BCUT2D eigenvalue weighted by atomic mass is 15.3. The van der Waals surface area contributed by atoms with Gasteiger partial charge in [-0.05, 0) is 31.5 Å². The van der Waals surface area contributed by atoms with E-state index < -0.39 is 0 Å². The van der Waals surface area contributed by atoms with Crippen LogP contribution in [0.4, 0.5) is 0 Å². The third-order valence-electron chi connectivity index (χ3n) is 5.76. The molecule has 1 fully saturated rings. The molecule has 1 N–H and O–H groups in total. The maximum absolute atomic E-state index is 8.90. The number of nitrogens with zero attached hydrogens (tertiary/aromatic N) is 4. The number of nitriles is 1. The summed E-state index contributed by atoms with van der Waals surface area (Å²) < 4.78 is 1.91. The van der Waals surface area contributed by atoms with E-state index in [1.165, 1.54) is 11.1 Å². The van der Waals surface area contributed by atoms with Gasteiger partial charge in [-0.3, -0.25) is 9.58 Å². The Morgan fingerprint density at radius 2 is 1.70 bits per heavy atom. The molecule has 0 unspecified atom stereocenters. The molecule has 154 valence electrons. The first-order chi connectivity index (χ1) is 14.8. The van der Waals surface area contributed by atoms with Gasteiger partial charge in [-0.1, -0.05) is 60.7 Å². The van der Waals surface area contributed by atoms with Crippen molar-refractivity contribution in [2.75, 3.05) is 13.1 Å². The van der Waals surface area contributed by atoms with Crippen LogP contribution in [-0.4, -0.2) is 33.8 Å². The summed E-state index contributed by atoms with van der Waals surface area (Å²) in [6.07, 6.45) is 4.89. The van der Waals surface area contributed by atoms with Crippen molar-refractivity contribution in [1.29, 1.82) is 5.26 Å². The standard InChI is InChI=1S/C25H29N5/c26-14-7-15-30-20-23(25(28-30)22-10-5-2-6-11-22)18-27-24-12-16-29(17-13-24)19-21-8-3-1-4-9-21/h1-6,8-11,20,24,27H,7,12-13,15-19H2. The molecular formula is C25H29N5. The Kier molecular flexibility index (Phi) is 6.91. The van der Waals surface area contributed by atoms with Crippen molar-refractivity contribution < 1.29 is 0 Å². The van der Waals surface area contributed by atoms with Crippen LogP contribution in [0.25, 0.3) is 11.3 Å². The third kappa shape index (κ3) is 5.35. The number of piperidine rings is 1. The molecule has 0 bridgehead atoms. The summed E-state index contributed by atoms with van der Waals surface area (Å²) in [6.45, 7) is 4.73. The molecule has 2 aromatic carbocycles. The van der Waals surface area contributed by atoms with Gasteiger partial charge in [-0.25, -0.2) is 0 Å². The second kappa shape index (κ2) is 10.2. The molecule has 4 rings (SSSR count). The zero-order valence-corrected chi connectivity index (χ0v) is 17.4. The first-order valence-corrected chi connectivity index (χ1v) is 10.8. The van der Waals surface area contributed by atoms with Crippen LogP contribution in [0.1, 0.15) is 30.4 Å². The minimum Gasteiger partial charge on any atom is -0.310 e. The quantitative estimate of drug-likeness (QED) is 0.616. The monoisotopic (exact) mass is 399 g/mol. The van der Waals surface area contributed by atoms with Crippen molar-refractivity contribution in [1.82, 2.24) is 20.0 Å². The van der Waals surface area contributed by atoms with E-state index in [9.17, 15) is 0 Å². The summed E-state index contributed by atoms with van der Waals surface area (Å²) in [4.78, 5) is 2.54. The van der Waals surface area contributed by atoms with Crippen molar-refractivity contribution in [3.8, 4) is 17.3 Å². The summed E-state index contributed by atoms with van der Waals surface area (Å²) in [7, 11) is 0. The molecular weight excluding hydrogens is 370 g/mol. The highest BCUT2D eigenvalue weighted by molar-refractivity contribution is 5.62. The van der Waals surface area contributed by atoms with Gasteiger partial charge < -0.3 is 5.32 Å². The van der Waals surface area contributed by atoms with Crippen molar-refractivity contribution in [2.45, 2.75) is 44.9 Å². The van der Waals surface area contributed by atoms with E-state index in [0.717, 1.165) is 50.3 Å². The summed E-state index contributed by atoms with van der Waals surface area (Å²) >= 11 is 0.